The van der Waals surface area contributed by atoms with Gasteiger partial charge in [-0.25, -0.2) is 4.48 Å². The van der Waals surface area contributed by atoms with E-state index in [0.29, 0.717) is 4.48 Å². The Kier molecular flexibility index (Phi) is 7.89. The van der Waals surface area contributed by atoms with Crippen LogP contribution in [-0.4, -0.2) is 6.54 Å². The molecule has 0 saturated carbocycles. The molecule has 0 aliphatic heterocycles. The maximum Gasteiger partial charge on any atom is 0.143 e. The van der Waals surface area contributed by atoms with Crippen LogP contribution in [0.15, 0.2) is 182 Å². The smallest absolute Gasteiger partial charge is 0.143 e. The summed E-state index contributed by atoms with van der Waals surface area (Å²) in [6.07, 6.45) is 1.97. The van der Waals surface area contributed by atoms with Crippen LogP contribution in [0.1, 0.15) is 29.5 Å². The van der Waals surface area contributed by atoms with Crippen LogP contribution in [0.5, 0.6) is 0 Å². The van der Waals surface area contributed by atoms with E-state index in [1.807, 2.05) is 0 Å². The van der Waals surface area contributed by atoms with Crippen LogP contribution in [0.4, 0.5) is 17.1 Å². The molecule has 6 aromatic carbocycles. The summed E-state index contributed by atoms with van der Waals surface area (Å²) in [5.74, 6) is 0. The second-order valence-electron chi connectivity index (χ2n) is 10.6. The average Bonchev–Trinajstić information content (AvgIpc) is 3.08. The van der Waals surface area contributed by atoms with Crippen LogP contribution in [-0.2, 0) is 5.41 Å². The van der Waals surface area contributed by atoms with Crippen molar-refractivity contribution in [1.29, 1.82) is 0 Å². The number of benzene rings is 6. The number of hydrogen-bond donors (Lipinski definition) is 0. The molecule has 41 heavy (non-hydrogen) atoms. The van der Waals surface area contributed by atoms with Crippen LogP contribution in [0, 0.1) is 0 Å². The summed E-state index contributed by atoms with van der Waals surface area (Å²) in [5, 5.41) is 0. The van der Waals surface area contributed by atoms with E-state index in [2.05, 4.69) is 182 Å². The van der Waals surface area contributed by atoms with Gasteiger partial charge in [0.25, 0.3) is 0 Å². The zero-order valence-electron chi connectivity index (χ0n) is 23.4. The molecule has 6 rings (SSSR count). The van der Waals surface area contributed by atoms with Crippen molar-refractivity contribution in [2.75, 3.05) is 6.54 Å². The van der Waals surface area contributed by atoms with Gasteiger partial charge in [0.2, 0.25) is 0 Å². The predicted octanol–water partition coefficient (Wildman–Crippen LogP) is 10.5. The lowest BCUT2D eigenvalue weighted by molar-refractivity contribution is 0.446. The molecule has 0 aromatic heterocycles. The monoisotopic (exact) mass is 530 g/mol. The molecule has 0 N–H and O–H groups in total. The summed E-state index contributed by atoms with van der Waals surface area (Å²) in [7, 11) is 0. The molecule has 0 aliphatic rings. The Bertz CT molecular complexity index is 1290. The lowest BCUT2D eigenvalue weighted by Crippen LogP contribution is -2.41. The minimum absolute atomic E-state index is 0.274. The number of quaternary nitrogens is 1. The molecule has 0 spiro atoms. The Balaban J connectivity index is 1.50. The molecular formula is C40H36N+. The summed E-state index contributed by atoms with van der Waals surface area (Å²) >= 11 is 0. The third-order valence-electron chi connectivity index (χ3n) is 8.44. The van der Waals surface area contributed by atoms with Crippen LogP contribution < -0.4 is 4.48 Å². The highest BCUT2D eigenvalue weighted by molar-refractivity contribution is 5.70. The number of para-hydroxylation sites is 3. The van der Waals surface area contributed by atoms with E-state index >= 15 is 0 Å². The van der Waals surface area contributed by atoms with Crippen molar-refractivity contribution in [1.82, 2.24) is 4.48 Å². The molecule has 1 heteroatoms. The first-order valence-corrected chi connectivity index (χ1v) is 14.6. The van der Waals surface area contributed by atoms with Gasteiger partial charge in [0, 0.05) is 5.41 Å². The van der Waals surface area contributed by atoms with Gasteiger partial charge in [-0.05, 0) is 65.9 Å². The van der Waals surface area contributed by atoms with E-state index < -0.39 is 0 Å². The molecule has 1 nitrogen and oxygen atoms in total. The maximum atomic E-state index is 2.30. The molecule has 0 unspecified atom stereocenters. The van der Waals surface area contributed by atoms with Gasteiger partial charge >= 0.3 is 0 Å². The zero-order valence-corrected chi connectivity index (χ0v) is 23.4. The summed E-state index contributed by atoms with van der Waals surface area (Å²) < 4.78 is 0.664. The van der Waals surface area contributed by atoms with E-state index in [1.54, 1.807) is 0 Å². The lowest BCUT2D eigenvalue weighted by atomic mass is 9.66. The molecule has 0 fully saturated rings. The van der Waals surface area contributed by atoms with Gasteiger partial charge in [0.15, 0.2) is 0 Å². The van der Waals surface area contributed by atoms with Crippen molar-refractivity contribution in [3.8, 4) is 0 Å². The van der Waals surface area contributed by atoms with Crippen LogP contribution in [0.3, 0.4) is 0 Å². The second kappa shape index (κ2) is 12.2. The molecule has 0 bridgehead atoms. The van der Waals surface area contributed by atoms with Gasteiger partial charge in [-0.1, -0.05) is 146 Å². The standard InChI is InChI=1S/C40H36N/c1-7-20-34(21-8-1)40(35-22-9-2-10-23-35,36-24-11-3-12-25-36)32-19-33-41(37-26-13-4-14-27-37,38-28-15-5-16-29-38)39-30-17-6-18-31-39/h1-18,20-31H,19,32-33H2/q+1. The first kappa shape index (κ1) is 26.5. The first-order valence-electron chi connectivity index (χ1n) is 14.6. The van der Waals surface area contributed by atoms with Crippen molar-refractivity contribution in [3.05, 3.63) is 199 Å². The third-order valence-corrected chi connectivity index (χ3v) is 8.44. The molecule has 0 aliphatic carbocycles. The van der Waals surface area contributed by atoms with Gasteiger partial charge in [-0.2, -0.15) is 0 Å². The zero-order chi connectivity index (χ0) is 27.8. The molecule has 0 atom stereocenters. The van der Waals surface area contributed by atoms with E-state index in [1.165, 1.54) is 33.8 Å². The minimum Gasteiger partial charge on any atom is -0.227 e. The summed E-state index contributed by atoms with van der Waals surface area (Å²) in [6.45, 7) is 0.923. The fraction of sp³-hybridized carbons (Fsp3) is 0.100. The van der Waals surface area contributed by atoms with Crippen molar-refractivity contribution in [2.24, 2.45) is 0 Å². The highest BCUT2D eigenvalue weighted by Gasteiger charge is 2.40. The van der Waals surface area contributed by atoms with Gasteiger partial charge in [0.05, 0.1) is 6.54 Å². The number of hydrogen-bond acceptors (Lipinski definition) is 0. The largest absolute Gasteiger partial charge is 0.227 e. The average molecular weight is 531 g/mol. The van der Waals surface area contributed by atoms with E-state index in [-0.39, 0.29) is 5.41 Å². The van der Waals surface area contributed by atoms with Crippen LogP contribution >= 0.6 is 0 Å². The highest BCUT2D eigenvalue weighted by Crippen LogP contribution is 2.47. The Labute approximate surface area is 244 Å². The molecule has 6 aromatic rings. The molecule has 0 amide bonds. The fourth-order valence-electron chi connectivity index (χ4n) is 6.56. The van der Waals surface area contributed by atoms with Gasteiger partial charge < -0.3 is 0 Å². The summed E-state index contributed by atoms with van der Waals surface area (Å²) in [5.41, 5.74) is 7.53. The van der Waals surface area contributed by atoms with Gasteiger partial charge in [-0.15, -0.1) is 0 Å². The minimum atomic E-state index is -0.274. The van der Waals surface area contributed by atoms with Crippen molar-refractivity contribution in [2.45, 2.75) is 18.3 Å². The topological polar surface area (TPSA) is 0 Å². The quantitative estimate of drug-likeness (QED) is 0.122. The number of nitrogens with zero attached hydrogens (tertiary/aromatic N) is 1. The first-order chi connectivity index (χ1) is 20.3. The Morgan fingerprint density at radius 1 is 0.341 bits per heavy atom. The normalized spacial score (nSPS) is 11.7. The summed E-state index contributed by atoms with van der Waals surface area (Å²) in [4.78, 5) is 0. The van der Waals surface area contributed by atoms with Crippen molar-refractivity contribution in [3.63, 3.8) is 0 Å². The third kappa shape index (κ3) is 5.13. The lowest BCUT2D eigenvalue weighted by Gasteiger charge is -2.40. The van der Waals surface area contributed by atoms with Crippen molar-refractivity contribution >= 4 is 17.1 Å². The van der Waals surface area contributed by atoms with E-state index in [4.69, 9.17) is 0 Å². The fourth-order valence-corrected chi connectivity index (χ4v) is 6.56. The molecule has 0 saturated heterocycles. The Morgan fingerprint density at radius 2 is 0.610 bits per heavy atom. The van der Waals surface area contributed by atoms with Crippen molar-refractivity contribution < 1.29 is 0 Å². The van der Waals surface area contributed by atoms with E-state index in [9.17, 15) is 0 Å². The second-order valence-corrected chi connectivity index (χ2v) is 10.6. The SMILES string of the molecule is c1ccc(C(CCC[N+](c2ccccc2)(c2ccccc2)c2ccccc2)(c2ccccc2)c2ccccc2)cc1. The molecule has 0 heterocycles. The van der Waals surface area contributed by atoms with Crippen LogP contribution in [0.2, 0.25) is 0 Å². The molecule has 200 valence electrons. The Morgan fingerprint density at radius 3 is 0.902 bits per heavy atom. The van der Waals surface area contributed by atoms with Crippen LogP contribution in [0.25, 0.3) is 0 Å². The Hall–Kier alpha value is -4.72. The van der Waals surface area contributed by atoms with Gasteiger partial charge in [0.1, 0.15) is 17.1 Å². The molecular weight excluding hydrogens is 494 g/mol. The van der Waals surface area contributed by atoms with Gasteiger partial charge in [-0.3, -0.25) is 0 Å². The maximum absolute atomic E-state index is 2.30. The highest BCUT2D eigenvalue weighted by atomic mass is 15.4. The predicted molar refractivity (Wildman–Crippen MR) is 174 cm³/mol. The number of rotatable bonds is 10. The molecule has 0 radical (unpaired) electrons. The summed E-state index contributed by atoms with van der Waals surface area (Å²) in [6, 6.07) is 66.2. The van der Waals surface area contributed by atoms with E-state index in [0.717, 1.165) is 19.4 Å².